The standard InChI is InChI=1S/C19H13F3N4/c20-19(21,22)16-11-23-18-25-15-6-2-4-13(10-15)8-7-12-3-1-5-14(9-12)24-17(16)26-18/h1-11H,(H2,23,24,25,26)/b8-7-. The summed E-state index contributed by atoms with van der Waals surface area (Å²) < 4.78 is 39.9. The van der Waals surface area contributed by atoms with E-state index in [1.165, 1.54) is 0 Å². The van der Waals surface area contributed by atoms with Crippen molar-refractivity contribution in [1.82, 2.24) is 9.97 Å². The van der Waals surface area contributed by atoms with Crippen molar-refractivity contribution < 1.29 is 13.2 Å². The van der Waals surface area contributed by atoms with Crippen molar-refractivity contribution in [1.29, 1.82) is 0 Å². The quantitative estimate of drug-likeness (QED) is 0.440. The zero-order chi connectivity index (χ0) is 18.1. The van der Waals surface area contributed by atoms with E-state index in [9.17, 15) is 13.2 Å². The van der Waals surface area contributed by atoms with Gasteiger partial charge in [0.2, 0.25) is 5.95 Å². The summed E-state index contributed by atoms with van der Waals surface area (Å²) >= 11 is 0. The molecule has 2 aromatic carbocycles. The Balaban J connectivity index is 1.90. The first-order chi connectivity index (χ1) is 12.5. The minimum atomic E-state index is -4.56. The third-order valence-corrected chi connectivity index (χ3v) is 3.85. The largest absolute Gasteiger partial charge is 0.421 e. The average molecular weight is 354 g/mol. The lowest BCUT2D eigenvalue weighted by atomic mass is 10.1. The smallest absolute Gasteiger partial charge is 0.340 e. The Morgan fingerprint density at radius 1 is 0.808 bits per heavy atom. The maximum atomic E-state index is 13.3. The van der Waals surface area contributed by atoms with E-state index < -0.39 is 11.7 Å². The van der Waals surface area contributed by atoms with Crippen molar-refractivity contribution in [3.05, 3.63) is 71.4 Å². The van der Waals surface area contributed by atoms with Gasteiger partial charge in [0.15, 0.2) is 0 Å². The molecule has 1 aliphatic rings. The summed E-state index contributed by atoms with van der Waals surface area (Å²) in [6, 6.07) is 14.5. The predicted octanol–water partition coefficient (Wildman–Crippen LogP) is 5.47. The number of benzene rings is 2. The second kappa shape index (κ2) is 6.18. The van der Waals surface area contributed by atoms with Crippen LogP contribution in [0, 0.1) is 0 Å². The molecular weight excluding hydrogens is 341 g/mol. The number of nitrogens with one attached hydrogen (secondary N) is 2. The van der Waals surface area contributed by atoms with Gasteiger partial charge in [0.1, 0.15) is 11.4 Å². The van der Waals surface area contributed by atoms with Crippen LogP contribution in [0.3, 0.4) is 0 Å². The molecule has 7 heteroatoms. The number of rotatable bonds is 0. The number of nitrogens with zero attached hydrogens (tertiary/aromatic N) is 2. The van der Waals surface area contributed by atoms with Crippen molar-refractivity contribution in [3.63, 3.8) is 0 Å². The number of anilines is 4. The van der Waals surface area contributed by atoms with E-state index in [-0.39, 0.29) is 11.8 Å². The summed E-state index contributed by atoms with van der Waals surface area (Å²) in [6.07, 6.45) is 0.0451. The molecule has 1 aliphatic heterocycles. The van der Waals surface area contributed by atoms with Gasteiger partial charge in [0.25, 0.3) is 0 Å². The summed E-state index contributed by atoms with van der Waals surface area (Å²) in [7, 11) is 0. The van der Waals surface area contributed by atoms with Gasteiger partial charge in [0, 0.05) is 17.6 Å². The molecule has 0 aliphatic carbocycles. The van der Waals surface area contributed by atoms with Crippen molar-refractivity contribution in [3.8, 4) is 0 Å². The molecule has 130 valence electrons. The molecule has 26 heavy (non-hydrogen) atoms. The van der Waals surface area contributed by atoms with Crippen molar-refractivity contribution >= 4 is 35.3 Å². The maximum Gasteiger partial charge on any atom is 0.421 e. The van der Waals surface area contributed by atoms with Gasteiger partial charge in [-0.3, -0.25) is 0 Å². The minimum Gasteiger partial charge on any atom is -0.340 e. The fourth-order valence-electron chi connectivity index (χ4n) is 2.64. The number of alkyl halides is 3. The topological polar surface area (TPSA) is 49.8 Å². The number of aromatic nitrogens is 2. The molecule has 0 fully saturated rings. The van der Waals surface area contributed by atoms with Gasteiger partial charge in [-0.05, 0) is 35.4 Å². The Hall–Kier alpha value is -3.35. The van der Waals surface area contributed by atoms with E-state index in [1.54, 1.807) is 24.3 Å². The van der Waals surface area contributed by atoms with Crippen LogP contribution < -0.4 is 10.6 Å². The molecule has 4 rings (SSSR count). The summed E-state index contributed by atoms with van der Waals surface area (Å²) in [4.78, 5) is 7.85. The van der Waals surface area contributed by atoms with E-state index in [0.717, 1.165) is 17.3 Å². The zero-order valence-corrected chi connectivity index (χ0v) is 13.4. The number of hydrogen-bond donors (Lipinski definition) is 2. The Morgan fingerprint density at radius 2 is 1.42 bits per heavy atom. The third-order valence-electron chi connectivity index (χ3n) is 3.85. The normalized spacial score (nSPS) is 14.1. The fraction of sp³-hybridized carbons (Fsp3) is 0.0526. The van der Waals surface area contributed by atoms with Crippen LogP contribution in [0.25, 0.3) is 12.2 Å². The molecule has 0 saturated carbocycles. The van der Waals surface area contributed by atoms with Gasteiger partial charge >= 0.3 is 6.18 Å². The summed E-state index contributed by atoms with van der Waals surface area (Å²) in [6.45, 7) is 0. The second-order valence-corrected chi connectivity index (χ2v) is 5.79. The van der Waals surface area contributed by atoms with Crippen LogP contribution in [0.2, 0.25) is 0 Å². The first-order valence-electron chi connectivity index (χ1n) is 7.84. The van der Waals surface area contributed by atoms with Gasteiger partial charge in [0.05, 0.1) is 0 Å². The minimum absolute atomic E-state index is 0.0806. The lowest BCUT2D eigenvalue weighted by Crippen LogP contribution is -2.12. The van der Waals surface area contributed by atoms with E-state index in [4.69, 9.17) is 0 Å². The number of hydrogen-bond acceptors (Lipinski definition) is 4. The summed E-state index contributed by atoms with van der Waals surface area (Å²) in [5.74, 6) is -0.219. The third kappa shape index (κ3) is 3.37. The molecule has 2 N–H and O–H groups in total. The predicted molar refractivity (Wildman–Crippen MR) is 95.4 cm³/mol. The number of halogens is 3. The van der Waals surface area contributed by atoms with Crippen LogP contribution in [0.15, 0.2) is 54.7 Å². The molecule has 0 saturated heterocycles. The first kappa shape index (κ1) is 16.1. The lowest BCUT2D eigenvalue weighted by Gasteiger charge is -2.15. The van der Waals surface area contributed by atoms with Crippen molar-refractivity contribution in [2.45, 2.75) is 6.18 Å². The van der Waals surface area contributed by atoms with Gasteiger partial charge in [-0.15, -0.1) is 0 Å². The van der Waals surface area contributed by atoms with E-state index in [0.29, 0.717) is 11.4 Å². The Bertz CT molecular complexity index is 996. The van der Waals surface area contributed by atoms with Crippen LogP contribution in [0.4, 0.5) is 36.3 Å². The van der Waals surface area contributed by atoms with E-state index in [2.05, 4.69) is 20.6 Å². The Kier molecular flexibility index (Phi) is 3.84. The van der Waals surface area contributed by atoms with Gasteiger partial charge in [-0.1, -0.05) is 36.4 Å². The second-order valence-electron chi connectivity index (χ2n) is 5.79. The highest BCUT2D eigenvalue weighted by atomic mass is 19.4. The maximum absolute atomic E-state index is 13.3. The molecule has 0 atom stereocenters. The Morgan fingerprint density at radius 3 is 2.04 bits per heavy atom. The molecule has 6 bridgehead atoms. The van der Waals surface area contributed by atoms with Crippen LogP contribution in [0.5, 0.6) is 0 Å². The molecule has 1 aromatic heterocycles. The molecule has 4 nitrogen and oxygen atoms in total. The van der Waals surface area contributed by atoms with Crippen LogP contribution >= 0.6 is 0 Å². The molecule has 2 heterocycles. The summed E-state index contributed by atoms with van der Waals surface area (Å²) in [5.41, 5.74) is 2.07. The molecule has 0 radical (unpaired) electrons. The SMILES string of the molecule is FC(F)(F)c1cnc2nc1Nc1cccc(c1)/C=C\c1cccc(c1)N2. The van der Waals surface area contributed by atoms with E-state index in [1.807, 2.05) is 36.4 Å². The lowest BCUT2D eigenvalue weighted by molar-refractivity contribution is -0.137. The van der Waals surface area contributed by atoms with Gasteiger partial charge in [-0.25, -0.2) is 4.98 Å². The highest BCUT2D eigenvalue weighted by molar-refractivity contribution is 5.75. The van der Waals surface area contributed by atoms with Gasteiger partial charge in [-0.2, -0.15) is 18.2 Å². The van der Waals surface area contributed by atoms with Crippen molar-refractivity contribution in [2.24, 2.45) is 0 Å². The first-order valence-corrected chi connectivity index (χ1v) is 7.84. The molecule has 3 aromatic rings. The molecular formula is C19H13F3N4. The molecule has 0 unspecified atom stereocenters. The van der Waals surface area contributed by atoms with E-state index >= 15 is 0 Å². The van der Waals surface area contributed by atoms with Gasteiger partial charge < -0.3 is 10.6 Å². The highest BCUT2D eigenvalue weighted by Crippen LogP contribution is 2.35. The van der Waals surface area contributed by atoms with Crippen LogP contribution in [0.1, 0.15) is 16.7 Å². The highest BCUT2D eigenvalue weighted by Gasteiger charge is 2.35. The Labute approximate surface area is 147 Å². The monoisotopic (exact) mass is 354 g/mol. The number of fused-ring (bicyclic) bond motifs is 6. The molecule has 0 spiro atoms. The van der Waals surface area contributed by atoms with Crippen LogP contribution in [-0.4, -0.2) is 9.97 Å². The zero-order valence-electron chi connectivity index (χ0n) is 13.4. The average Bonchev–Trinajstić information content (AvgIpc) is 2.59. The molecule has 0 amide bonds. The van der Waals surface area contributed by atoms with Crippen molar-refractivity contribution in [2.75, 3.05) is 10.6 Å². The summed E-state index contributed by atoms with van der Waals surface area (Å²) in [5, 5.41) is 5.70. The van der Waals surface area contributed by atoms with Crippen LogP contribution in [-0.2, 0) is 6.18 Å². The fourth-order valence-corrected chi connectivity index (χ4v) is 2.64.